The Morgan fingerprint density at radius 3 is 2.78 bits per heavy atom. The Morgan fingerprint density at radius 2 is 2.07 bits per heavy atom. The first-order chi connectivity index (χ1) is 13.0. The van der Waals surface area contributed by atoms with E-state index in [2.05, 4.69) is 16.1 Å². The predicted molar refractivity (Wildman–Crippen MR) is 107 cm³/mol. The van der Waals surface area contributed by atoms with Gasteiger partial charge in [-0.25, -0.2) is 0 Å². The molecule has 0 saturated heterocycles. The lowest BCUT2D eigenvalue weighted by molar-refractivity contribution is 0.0351. The van der Waals surface area contributed by atoms with Crippen molar-refractivity contribution in [3.05, 3.63) is 64.7 Å². The maximum atomic E-state index is 9.88. The SMILES string of the molecule is COc1cccc(CN(C[C@H]2CC(c3ccc(Cl)cc3)=NO2)C[C@@H](C)O)c1. The Hall–Kier alpha value is -2.08. The summed E-state index contributed by atoms with van der Waals surface area (Å²) in [4.78, 5) is 7.84. The van der Waals surface area contributed by atoms with Crippen molar-refractivity contribution in [2.24, 2.45) is 5.16 Å². The van der Waals surface area contributed by atoms with Gasteiger partial charge in [0, 0.05) is 31.1 Å². The number of halogens is 1. The summed E-state index contributed by atoms with van der Waals surface area (Å²) in [6.07, 6.45) is 0.268. The van der Waals surface area contributed by atoms with Gasteiger partial charge < -0.3 is 14.7 Å². The molecular formula is C21H25ClN2O3. The van der Waals surface area contributed by atoms with Gasteiger partial charge in [0.05, 0.1) is 18.9 Å². The summed E-state index contributed by atoms with van der Waals surface area (Å²) in [5.74, 6) is 0.829. The van der Waals surface area contributed by atoms with E-state index < -0.39 is 6.10 Å². The molecule has 6 heteroatoms. The molecule has 0 bridgehead atoms. The van der Waals surface area contributed by atoms with Crippen LogP contribution in [-0.4, -0.2) is 48.1 Å². The van der Waals surface area contributed by atoms with E-state index in [1.807, 2.05) is 42.5 Å². The number of hydrogen-bond acceptors (Lipinski definition) is 5. The zero-order valence-corrected chi connectivity index (χ0v) is 16.4. The largest absolute Gasteiger partial charge is 0.497 e. The molecule has 3 rings (SSSR count). The van der Waals surface area contributed by atoms with Gasteiger partial charge in [-0.05, 0) is 42.3 Å². The fourth-order valence-corrected chi connectivity index (χ4v) is 3.36. The molecule has 2 atom stereocenters. The lowest BCUT2D eigenvalue weighted by Crippen LogP contribution is -2.37. The van der Waals surface area contributed by atoms with Gasteiger partial charge in [-0.1, -0.05) is 41.0 Å². The van der Waals surface area contributed by atoms with E-state index in [1.165, 1.54) is 0 Å². The van der Waals surface area contributed by atoms with Gasteiger partial charge in [0.15, 0.2) is 0 Å². The van der Waals surface area contributed by atoms with Gasteiger partial charge in [0.2, 0.25) is 0 Å². The molecule has 0 amide bonds. The van der Waals surface area contributed by atoms with Crippen LogP contribution < -0.4 is 4.74 Å². The molecule has 1 heterocycles. The number of rotatable bonds is 8. The summed E-state index contributed by atoms with van der Waals surface area (Å²) < 4.78 is 5.30. The van der Waals surface area contributed by atoms with Crippen LogP contribution in [0.25, 0.3) is 0 Å². The zero-order valence-electron chi connectivity index (χ0n) is 15.6. The highest BCUT2D eigenvalue weighted by Gasteiger charge is 2.25. The molecule has 2 aromatic rings. The maximum absolute atomic E-state index is 9.88. The van der Waals surface area contributed by atoms with E-state index in [9.17, 15) is 5.11 Å². The van der Waals surface area contributed by atoms with Crippen molar-refractivity contribution < 1.29 is 14.7 Å². The first-order valence-corrected chi connectivity index (χ1v) is 9.43. The van der Waals surface area contributed by atoms with Gasteiger partial charge in [-0.2, -0.15) is 0 Å². The fourth-order valence-electron chi connectivity index (χ4n) is 3.23. The second-order valence-corrected chi connectivity index (χ2v) is 7.31. The minimum absolute atomic E-state index is 0.0416. The third kappa shape index (κ3) is 5.70. The molecule has 1 N–H and O–H groups in total. The predicted octanol–water partition coefficient (Wildman–Crippen LogP) is 3.72. The summed E-state index contributed by atoms with van der Waals surface area (Å²) in [5, 5.41) is 14.8. The van der Waals surface area contributed by atoms with Crippen LogP contribution in [-0.2, 0) is 11.4 Å². The Morgan fingerprint density at radius 1 is 1.30 bits per heavy atom. The zero-order chi connectivity index (χ0) is 19.2. The monoisotopic (exact) mass is 388 g/mol. The summed E-state index contributed by atoms with van der Waals surface area (Å²) in [6, 6.07) is 15.6. The van der Waals surface area contributed by atoms with Gasteiger partial charge >= 0.3 is 0 Å². The molecule has 27 heavy (non-hydrogen) atoms. The van der Waals surface area contributed by atoms with Gasteiger partial charge in [0.25, 0.3) is 0 Å². The third-order valence-electron chi connectivity index (χ3n) is 4.44. The van der Waals surface area contributed by atoms with Crippen molar-refractivity contribution in [2.75, 3.05) is 20.2 Å². The van der Waals surface area contributed by atoms with E-state index in [1.54, 1.807) is 14.0 Å². The van der Waals surface area contributed by atoms with Crippen LogP contribution in [0.1, 0.15) is 24.5 Å². The molecule has 0 unspecified atom stereocenters. The van der Waals surface area contributed by atoms with E-state index in [-0.39, 0.29) is 6.10 Å². The molecule has 0 aromatic heterocycles. The number of aliphatic hydroxyl groups is 1. The summed E-state index contributed by atoms with van der Waals surface area (Å²) in [7, 11) is 1.66. The minimum atomic E-state index is -0.423. The van der Waals surface area contributed by atoms with E-state index >= 15 is 0 Å². The lowest BCUT2D eigenvalue weighted by Gasteiger charge is -2.26. The third-order valence-corrected chi connectivity index (χ3v) is 4.69. The number of ether oxygens (including phenoxy) is 1. The number of aliphatic hydroxyl groups excluding tert-OH is 1. The van der Waals surface area contributed by atoms with Gasteiger partial charge in [-0.3, -0.25) is 4.90 Å². The highest BCUT2D eigenvalue weighted by Crippen LogP contribution is 2.21. The van der Waals surface area contributed by atoms with Crippen molar-refractivity contribution in [1.82, 2.24) is 4.90 Å². The van der Waals surface area contributed by atoms with Crippen LogP contribution in [0.3, 0.4) is 0 Å². The maximum Gasteiger partial charge on any atom is 0.145 e. The highest BCUT2D eigenvalue weighted by atomic mass is 35.5. The number of methoxy groups -OCH3 is 1. The van der Waals surface area contributed by atoms with Crippen molar-refractivity contribution >= 4 is 17.3 Å². The van der Waals surface area contributed by atoms with E-state index in [4.69, 9.17) is 21.2 Å². The Balaban J connectivity index is 1.62. The van der Waals surface area contributed by atoms with E-state index in [0.29, 0.717) is 24.7 Å². The minimum Gasteiger partial charge on any atom is -0.497 e. The van der Waals surface area contributed by atoms with Crippen LogP contribution >= 0.6 is 11.6 Å². The molecular weight excluding hydrogens is 364 g/mol. The van der Waals surface area contributed by atoms with Crippen LogP contribution in [0.2, 0.25) is 5.02 Å². The summed E-state index contributed by atoms with van der Waals surface area (Å²) >= 11 is 5.95. The molecule has 0 saturated carbocycles. The number of benzene rings is 2. The molecule has 0 fully saturated rings. The Kier molecular flexibility index (Phi) is 6.72. The molecule has 0 radical (unpaired) electrons. The van der Waals surface area contributed by atoms with Crippen molar-refractivity contribution in [3.8, 4) is 5.75 Å². The molecule has 144 valence electrons. The first-order valence-electron chi connectivity index (χ1n) is 9.05. The highest BCUT2D eigenvalue weighted by molar-refractivity contribution is 6.30. The van der Waals surface area contributed by atoms with Crippen LogP contribution in [0.15, 0.2) is 53.7 Å². The quantitative estimate of drug-likeness (QED) is 0.748. The molecule has 5 nitrogen and oxygen atoms in total. The molecule has 1 aliphatic heterocycles. The van der Waals surface area contributed by atoms with Gasteiger partial charge in [-0.15, -0.1) is 0 Å². The van der Waals surface area contributed by atoms with Crippen LogP contribution in [0, 0.1) is 0 Å². The number of nitrogens with zero attached hydrogens (tertiary/aromatic N) is 2. The second-order valence-electron chi connectivity index (χ2n) is 6.87. The van der Waals surface area contributed by atoms with Gasteiger partial charge in [0.1, 0.15) is 11.9 Å². The fraction of sp³-hybridized carbons (Fsp3) is 0.381. The summed E-state index contributed by atoms with van der Waals surface area (Å²) in [5.41, 5.74) is 3.08. The average Bonchev–Trinajstić information content (AvgIpc) is 3.10. The second kappa shape index (κ2) is 9.22. The topological polar surface area (TPSA) is 54.3 Å². The summed E-state index contributed by atoms with van der Waals surface area (Å²) in [6.45, 7) is 3.75. The Labute approximate surface area is 165 Å². The van der Waals surface area contributed by atoms with E-state index in [0.717, 1.165) is 29.0 Å². The van der Waals surface area contributed by atoms with Crippen LogP contribution in [0.4, 0.5) is 0 Å². The molecule has 1 aliphatic rings. The smallest absolute Gasteiger partial charge is 0.145 e. The van der Waals surface area contributed by atoms with Crippen molar-refractivity contribution in [1.29, 1.82) is 0 Å². The molecule has 0 aliphatic carbocycles. The number of hydrogen-bond donors (Lipinski definition) is 1. The average molecular weight is 389 g/mol. The van der Waals surface area contributed by atoms with Crippen molar-refractivity contribution in [2.45, 2.75) is 32.1 Å². The molecule has 0 spiro atoms. The van der Waals surface area contributed by atoms with Crippen LogP contribution in [0.5, 0.6) is 5.75 Å². The lowest BCUT2D eigenvalue weighted by atomic mass is 10.0. The Bertz CT molecular complexity index is 777. The molecule has 2 aromatic carbocycles. The number of oxime groups is 1. The first kappa shape index (κ1) is 19.7. The standard InChI is InChI=1S/C21H25ClN2O3/c1-15(25)12-24(13-16-4-3-5-19(10-16)26-2)14-20-11-21(23-27-20)17-6-8-18(22)9-7-17/h3-10,15,20,25H,11-14H2,1-2H3/t15-,20-/m1/s1. The normalized spacial score (nSPS) is 17.5. The van der Waals surface area contributed by atoms with Crippen molar-refractivity contribution in [3.63, 3.8) is 0 Å².